The molecule has 0 aromatic heterocycles. The number of aromatic hydroxyl groups is 1. The van der Waals surface area contributed by atoms with Gasteiger partial charge in [-0.3, -0.25) is 4.79 Å². The van der Waals surface area contributed by atoms with Crippen LogP contribution in [0.2, 0.25) is 0 Å². The Morgan fingerprint density at radius 1 is 0.962 bits per heavy atom. The first kappa shape index (κ1) is 19.5. The summed E-state index contributed by atoms with van der Waals surface area (Å²) >= 11 is 0. The summed E-state index contributed by atoms with van der Waals surface area (Å²) in [5.74, 6) is -1.82. The Morgan fingerprint density at radius 2 is 1.65 bits per heavy atom. The summed E-state index contributed by atoms with van der Waals surface area (Å²) in [4.78, 5) is 26.0. The molecule has 0 aliphatic carbocycles. The summed E-state index contributed by atoms with van der Waals surface area (Å²) < 4.78 is 0. The Balaban J connectivity index is 2.19. The number of carboxylic acid groups (broad SMARTS) is 1. The minimum atomic E-state index is -1.17. The zero-order valence-electron chi connectivity index (χ0n) is 15.2. The lowest BCUT2D eigenvalue weighted by atomic mass is 9.97. The van der Waals surface area contributed by atoms with Gasteiger partial charge in [-0.25, -0.2) is 4.79 Å². The van der Waals surface area contributed by atoms with Crippen LogP contribution in [0.15, 0.2) is 42.5 Å². The van der Waals surface area contributed by atoms with E-state index >= 15 is 0 Å². The minimum Gasteiger partial charge on any atom is -0.507 e. The minimum absolute atomic E-state index is 0.0657. The lowest BCUT2D eigenvalue weighted by Gasteiger charge is -2.20. The van der Waals surface area contributed by atoms with Gasteiger partial charge in [0.1, 0.15) is 5.75 Å². The van der Waals surface area contributed by atoms with Crippen molar-refractivity contribution in [3.63, 3.8) is 0 Å². The van der Waals surface area contributed by atoms with Gasteiger partial charge in [-0.15, -0.1) is 0 Å². The third kappa shape index (κ3) is 4.63. The fourth-order valence-electron chi connectivity index (χ4n) is 2.87. The molecule has 0 unspecified atom stereocenters. The first-order chi connectivity index (χ1) is 12.5. The number of unbranched alkanes of at least 4 members (excludes halogenated alkanes) is 3. The highest BCUT2D eigenvalue weighted by molar-refractivity contribution is 6.15. The second kappa shape index (κ2) is 9.04. The predicted octanol–water partition coefficient (Wildman–Crippen LogP) is 4.34. The van der Waals surface area contributed by atoms with Gasteiger partial charge in [-0.05, 0) is 24.6 Å². The van der Waals surface area contributed by atoms with Crippen molar-refractivity contribution in [1.82, 2.24) is 0 Å². The summed E-state index contributed by atoms with van der Waals surface area (Å²) in [6.07, 6.45) is 4.61. The predicted molar refractivity (Wildman–Crippen MR) is 102 cm³/mol. The van der Waals surface area contributed by atoms with Gasteiger partial charge in [0, 0.05) is 30.9 Å². The molecule has 5 nitrogen and oxygen atoms in total. The van der Waals surface area contributed by atoms with E-state index < -0.39 is 11.8 Å². The van der Waals surface area contributed by atoms with Crippen LogP contribution in [-0.2, 0) is 0 Å². The van der Waals surface area contributed by atoms with Crippen LogP contribution in [0.4, 0.5) is 5.69 Å². The van der Waals surface area contributed by atoms with E-state index in [9.17, 15) is 19.8 Å². The first-order valence-corrected chi connectivity index (χ1v) is 8.87. The fourth-order valence-corrected chi connectivity index (χ4v) is 2.87. The Bertz CT molecular complexity index is 785. The third-order valence-electron chi connectivity index (χ3n) is 4.42. The molecule has 0 aliphatic rings. The average Bonchev–Trinajstić information content (AvgIpc) is 2.64. The lowest BCUT2D eigenvalue weighted by molar-refractivity contribution is 0.0692. The number of ketones is 1. The van der Waals surface area contributed by atoms with E-state index in [-0.39, 0.29) is 22.4 Å². The van der Waals surface area contributed by atoms with Crippen molar-refractivity contribution < 1.29 is 19.8 Å². The molecule has 2 rings (SSSR count). The van der Waals surface area contributed by atoms with Crippen LogP contribution >= 0.6 is 0 Å². The highest BCUT2D eigenvalue weighted by atomic mass is 16.4. The molecule has 0 heterocycles. The molecule has 0 amide bonds. The number of carbonyl (C=O) groups is 2. The molecule has 0 aliphatic heterocycles. The number of phenols is 1. The van der Waals surface area contributed by atoms with E-state index in [1.54, 1.807) is 30.3 Å². The van der Waals surface area contributed by atoms with Gasteiger partial charge in [0.25, 0.3) is 0 Å². The van der Waals surface area contributed by atoms with Crippen molar-refractivity contribution in [3.8, 4) is 5.75 Å². The maximum atomic E-state index is 12.7. The number of carbonyl (C=O) groups excluding carboxylic acids is 1. The molecular weight excluding hydrogens is 330 g/mol. The number of hydrogen-bond acceptors (Lipinski definition) is 4. The number of carboxylic acids is 1. The zero-order chi connectivity index (χ0) is 19.1. The monoisotopic (exact) mass is 355 g/mol. The summed E-state index contributed by atoms with van der Waals surface area (Å²) in [6.45, 7) is 3.04. The molecule has 2 N–H and O–H groups in total. The average molecular weight is 355 g/mol. The maximum absolute atomic E-state index is 12.7. The fraction of sp³-hybridized carbons (Fsp3) is 0.333. The van der Waals surface area contributed by atoms with Crippen LogP contribution < -0.4 is 4.90 Å². The normalized spacial score (nSPS) is 10.5. The Morgan fingerprint density at radius 3 is 2.27 bits per heavy atom. The molecule has 138 valence electrons. The van der Waals surface area contributed by atoms with Crippen molar-refractivity contribution >= 4 is 17.4 Å². The van der Waals surface area contributed by atoms with Crippen molar-refractivity contribution in [1.29, 1.82) is 0 Å². The van der Waals surface area contributed by atoms with Gasteiger partial charge < -0.3 is 15.1 Å². The van der Waals surface area contributed by atoms with Gasteiger partial charge in [0.2, 0.25) is 0 Å². The second-order valence-corrected chi connectivity index (χ2v) is 6.36. The molecule has 5 heteroatoms. The number of nitrogens with zero attached hydrogens (tertiary/aromatic N) is 1. The molecule has 0 spiro atoms. The standard InChI is InChI=1S/C21H25NO4/c1-3-4-5-8-13-22(2)15-11-12-18(19(23)14-15)20(24)16-9-6-7-10-17(16)21(25)26/h6-7,9-12,14,23H,3-5,8,13H2,1-2H3,(H,25,26). The summed E-state index contributed by atoms with van der Waals surface area (Å²) in [6, 6.07) is 10.9. The first-order valence-electron chi connectivity index (χ1n) is 8.87. The van der Waals surface area contributed by atoms with Crippen LogP contribution in [0.5, 0.6) is 5.75 Å². The van der Waals surface area contributed by atoms with Gasteiger partial charge >= 0.3 is 5.97 Å². The van der Waals surface area contributed by atoms with E-state index in [2.05, 4.69) is 6.92 Å². The molecule has 2 aromatic carbocycles. The molecule has 0 saturated heterocycles. The topological polar surface area (TPSA) is 77.8 Å². The molecule has 2 aromatic rings. The SMILES string of the molecule is CCCCCCN(C)c1ccc(C(=O)c2ccccc2C(=O)O)c(O)c1. The quantitative estimate of drug-likeness (QED) is 0.517. The van der Waals surface area contributed by atoms with E-state index in [0.29, 0.717) is 0 Å². The number of benzene rings is 2. The van der Waals surface area contributed by atoms with Crippen molar-refractivity contribution in [3.05, 3.63) is 59.2 Å². The summed E-state index contributed by atoms with van der Waals surface area (Å²) in [5, 5.41) is 19.6. The van der Waals surface area contributed by atoms with Crippen LogP contribution in [0.25, 0.3) is 0 Å². The van der Waals surface area contributed by atoms with Crippen LogP contribution in [0.1, 0.15) is 58.9 Å². The van der Waals surface area contributed by atoms with Crippen molar-refractivity contribution in [2.24, 2.45) is 0 Å². The highest BCUT2D eigenvalue weighted by Crippen LogP contribution is 2.27. The zero-order valence-corrected chi connectivity index (χ0v) is 15.2. The Hall–Kier alpha value is -2.82. The molecule has 0 saturated carbocycles. The number of rotatable bonds is 9. The van der Waals surface area contributed by atoms with Gasteiger partial charge in [0.05, 0.1) is 11.1 Å². The molecule has 0 fully saturated rings. The molecular formula is C21H25NO4. The van der Waals surface area contributed by atoms with Crippen molar-refractivity contribution in [2.45, 2.75) is 32.6 Å². The van der Waals surface area contributed by atoms with Gasteiger partial charge in [-0.1, -0.05) is 44.4 Å². The number of aromatic carboxylic acids is 1. The second-order valence-electron chi connectivity index (χ2n) is 6.36. The lowest BCUT2D eigenvalue weighted by Crippen LogP contribution is -2.18. The summed E-state index contributed by atoms with van der Waals surface area (Å²) in [7, 11) is 1.95. The van der Waals surface area contributed by atoms with Crippen LogP contribution in [0.3, 0.4) is 0 Å². The Labute approximate surface area is 153 Å². The smallest absolute Gasteiger partial charge is 0.336 e. The maximum Gasteiger partial charge on any atom is 0.336 e. The molecule has 0 radical (unpaired) electrons. The largest absolute Gasteiger partial charge is 0.507 e. The van der Waals surface area contributed by atoms with Gasteiger partial charge in [0.15, 0.2) is 5.78 Å². The third-order valence-corrected chi connectivity index (χ3v) is 4.42. The van der Waals surface area contributed by atoms with Crippen LogP contribution in [0, 0.1) is 0 Å². The molecule has 26 heavy (non-hydrogen) atoms. The number of anilines is 1. The number of phenolic OH excluding ortho intramolecular Hbond substituents is 1. The number of hydrogen-bond donors (Lipinski definition) is 2. The summed E-state index contributed by atoms with van der Waals surface area (Å²) in [5.41, 5.74) is 0.911. The van der Waals surface area contributed by atoms with E-state index in [1.807, 2.05) is 11.9 Å². The highest BCUT2D eigenvalue weighted by Gasteiger charge is 2.20. The molecule has 0 bridgehead atoms. The molecule has 0 atom stereocenters. The van der Waals surface area contributed by atoms with E-state index in [0.717, 1.165) is 25.1 Å². The van der Waals surface area contributed by atoms with Gasteiger partial charge in [-0.2, -0.15) is 0 Å². The van der Waals surface area contributed by atoms with E-state index in [1.165, 1.54) is 25.0 Å². The van der Waals surface area contributed by atoms with Crippen molar-refractivity contribution in [2.75, 3.05) is 18.5 Å². The Kier molecular flexibility index (Phi) is 6.78. The van der Waals surface area contributed by atoms with Crippen LogP contribution in [-0.4, -0.2) is 35.6 Å². The van der Waals surface area contributed by atoms with E-state index in [4.69, 9.17) is 0 Å².